The molecule has 0 amide bonds. The normalized spacial score (nSPS) is 12.9. The molecule has 5 heteroatoms. The summed E-state index contributed by atoms with van der Waals surface area (Å²) >= 11 is 1.57. The molecule has 0 radical (unpaired) electrons. The summed E-state index contributed by atoms with van der Waals surface area (Å²) in [6.45, 7) is 0. The van der Waals surface area contributed by atoms with Crippen molar-refractivity contribution < 1.29 is 4.42 Å². The summed E-state index contributed by atoms with van der Waals surface area (Å²) in [4.78, 5) is 4.21. The van der Waals surface area contributed by atoms with E-state index >= 15 is 0 Å². The Labute approximate surface area is 85.7 Å². The molecular formula is C9H11N3OS. The van der Waals surface area contributed by atoms with Crippen LogP contribution in [0.2, 0.25) is 0 Å². The van der Waals surface area contributed by atoms with E-state index in [1.54, 1.807) is 29.4 Å². The van der Waals surface area contributed by atoms with E-state index in [-0.39, 0.29) is 6.04 Å². The van der Waals surface area contributed by atoms with Gasteiger partial charge in [0.15, 0.2) is 0 Å². The number of thiazole rings is 1. The highest BCUT2D eigenvalue weighted by atomic mass is 32.1. The molecule has 0 aromatic carbocycles. The third kappa shape index (κ3) is 2.01. The van der Waals surface area contributed by atoms with Gasteiger partial charge in [-0.25, -0.2) is 4.98 Å². The van der Waals surface area contributed by atoms with Gasteiger partial charge in [0, 0.05) is 5.38 Å². The van der Waals surface area contributed by atoms with Gasteiger partial charge in [0.05, 0.1) is 29.8 Å². The summed E-state index contributed by atoms with van der Waals surface area (Å²) in [7, 11) is 0. The smallest absolute Gasteiger partial charge is 0.0935 e. The van der Waals surface area contributed by atoms with Crippen LogP contribution >= 0.6 is 11.3 Å². The van der Waals surface area contributed by atoms with Gasteiger partial charge < -0.3 is 4.42 Å². The van der Waals surface area contributed by atoms with E-state index in [9.17, 15) is 0 Å². The lowest BCUT2D eigenvalue weighted by molar-refractivity contribution is 0.528. The first-order valence-electron chi connectivity index (χ1n) is 4.25. The Morgan fingerprint density at radius 3 is 3.14 bits per heavy atom. The lowest BCUT2D eigenvalue weighted by Crippen LogP contribution is -2.29. The number of rotatable bonds is 4. The topological polar surface area (TPSA) is 64.1 Å². The second kappa shape index (κ2) is 4.36. The molecule has 0 fully saturated rings. The first-order chi connectivity index (χ1) is 6.90. The number of aromatic nitrogens is 1. The average molecular weight is 209 g/mol. The molecule has 0 saturated carbocycles. The fourth-order valence-corrected chi connectivity index (χ4v) is 1.90. The van der Waals surface area contributed by atoms with Crippen LogP contribution in [0, 0.1) is 0 Å². The Bertz CT molecular complexity index is 357. The number of hydrogen-bond acceptors (Lipinski definition) is 5. The number of furan rings is 1. The fourth-order valence-electron chi connectivity index (χ4n) is 1.29. The van der Waals surface area contributed by atoms with Crippen molar-refractivity contribution in [3.05, 3.63) is 40.7 Å². The van der Waals surface area contributed by atoms with Crippen LogP contribution in [0.3, 0.4) is 0 Å². The highest BCUT2D eigenvalue weighted by molar-refractivity contribution is 7.07. The second-order valence-electron chi connectivity index (χ2n) is 2.97. The minimum absolute atomic E-state index is 0.0545. The van der Waals surface area contributed by atoms with Gasteiger partial charge in [0.1, 0.15) is 0 Å². The van der Waals surface area contributed by atoms with Crippen LogP contribution in [0.1, 0.15) is 17.3 Å². The maximum atomic E-state index is 5.46. The molecule has 74 valence electrons. The lowest BCUT2D eigenvalue weighted by Gasteiger charge is -2.11. The highest BCUT2D eigenvalue weighted by Gasteiger charge is 2.12. The summed E-state index contributed by atoms with van der Waals surface area (Å²) in [6.07, 6.45) is 4.16. The summed E-state index contributed by atoms with van der Waals surface area (Å²) < 4.78 is 4.99. The van der Waals surface area contributed by atoms with E-state index in [2.05, 4.69) is 10.4 Å². The van der Waals surface area contributed by atoms with Crippen molar-refractivity contribution in [1.82, 2.24) is 10.4 Å². The molecule has 1 atom stereocenters. The van der Waals surface area contributed by atoms with Gasteiger partial charge >= 0.3 is 0 Å². The van der Waals surface area contributed by atoms with Crippen molar-refractivity contribution in [2.75, 3.05) is 0 Å². The van der Waals surface area contributed by atoms with Crippen LogP contribution < -0.4 is 11.3 Å². The molecule has 2 aromatic rings. The standard InChI is InChI=1S/C9H11N3OS/c10-12-8(9-5-14-6-11-9)3-7-1-2-13-4-7/h1-2,4-6,8,12H,3,10H2. The number of hydrazine groups is 1. The van der Waals surface area contributed by atoms with Crippen LogP contribution in [0.5, 0.6) is 0 Å². The molecule has 14 heavy (non-hydrogen) atoms. The molecule has 0 aliphatic heterocycles. The average Bonchev–Trinajstić information content (AvgIpc) is 2.86. The number of nitrogens with two attached hydrogens (primary N) is 1. The summed E-state index contributed by atoms with van der Waals surface area (Å²) in [5.74, 6) is 5.46. The minimum atomic E-state index is 0.0545. The van der Waals surface area contributed by atoms with E-state index in [0.29, 0.717) is 0 Å². The van der Waals surface area contributed by atoms with E-state index in [0.717, 1.165) is 17.7 Å². The summed E-state index contributed by atoms with van der Waals surface area (Å²) in [6, 6.07) is 1.98. The molecule has 0 aliphatic carbocycles. The minimum Gasteiger partial charge on any atom is -0.472 e. The SMILES string of the molecule is NNC(Cc1ccoc1)c1cscn1. The Balaban J connectivity index is 2.08. The van der Waals surface area contributed by atoms with Gasteiger partial charge in [-0.2, -0.15) is 0 Å². The third-order valence-electron chi connectivity index (χ3n) is 2.03. The maximum absolute atomic E-state index is 5.46. The molecule has 1 unspecified atom stereocenters. The van der Waals surface area contributed by atoms with E-state index < -0.39 is 0 Å². The summed E-state index contributed by atoms with van der Waals surface area (Å²) in [5, 5.41) is 1.99. The molecule has 3 N–H and O–H groups in total. The third-order valence-corrected chi connectivity index (χ3v) is 2.63. The maximum Gasteiger partial charge on any atom is 0.0935 e. The molecule has 0 aliphatic rings. The van der Waals surface area contributed by atoms with Crippen molar-refractivity contribution in [3.8, 4) is 0 Å². The zero-order chi connectivity index (χ0) is 9.80. The van der Waals surface area contributed by atoms with Gasteiger partial charge in [-0.3, -0.25) is 11.3 Å². The predicted molar refractivity (Wildman–Crippen MR) is 54.6 cm³/mol. The predicted octanol–water partition coefficient (Wildman–Crippen LogP) is 1.48. The van der Waals surface area contributed by atoms with E-state index in [4.69, 9.17) is 10.3 Å². The number of nitrogens with one attached hydrogen (secondary N) is 1. The molecular weight excluding hydrogens is 198 g/mol. The molecule has 0 spiro atoms. The van der Waals surface area contributed by atoms with Crippen molar-refractivity contribution in [2.45, 2.75) is 12.5 Å². The van der Waals surface area contributed by atoms with Crippen molar-refractivity contribution in [3.63, 3.8) is 0 Å². The molecule has 2 rings (SSSR count). The van der Waals surface area contributed by atoms with Gasteiger partial charge in [-0.05, 0) is 18.1 Å². The lowest BCUT2D eigenvalue weighted by atomic mass is 10.1. The van der Waals surface area contributed by atoms with Crippen LogP contribution in [0.4, 0.5) is 0 Å². The highest BCUT2D eigenvalue weighted by Crippen LogP contribution is 2.17. The molecule has 2 heterocycles. The van der Waals surface area contributed by atoms with Gasteiger partial charge in [0.25, 0.3) is 0 Å². The largest absolute Gasteiger partial charge is 0.472 e. The van der Waals surface area contributed by atoms with Crippen molar-refractivity contribution in [2.24, 2.45) is 5.84 Å². The van der Waals surface area contributed by atoms with Crippen LogP contribution in [-0.4, -0.2) is 4.98 Å². The Morgan fingerprint density at radius 2 is 2.57 bits per heavy atom. The van der Waals surface area contributed by atoms with Gasteiger partial charge in [-0.1, -0.05) is 0 Å². The molecule has 0 bridgehead atoms. The zero-order valence-electron chi connectivity index (χ0n) is 7.51. The quantitative estimate of drug-likeness (QED) is 0.591. The first kappa shape index (κ1) is 9.39. The van der Waals surface area contributed by atoms with Crippen molar-refractivity contribution in [1.29, 1.82) is 0 Å². The van der Waals surface area contributed by atoms with Gasteiger partial charge in [0.2, 0.25) is 0 Å². The van der Waals surface area contributed by atoms with E-state index in [1.807, 2.05) is 11.4 Å². The first-order valence-corrected chi connectivity index (χ1v) is 5.19. The zero-order valence-corrected chi connectivity index (χ0v) is 8.33. The Hall–Kier alpha value is -1.17. The summed E-state index contributed by atoms with van der Waals surface area (Å²) in [5.41, 5.74) is 6.63. The monoisotopic (exact) mass is 209 g/mol. The molecule has 2 aromatic heterocycles. The Kier molecular flexibility index (Phi) is 2.93. The number of hydrogen-bond donors (Lipinski definition) is 2. The van der Waals surface area contributed by atoms with Crippen molar-refractivity contribution >= 4 is 11.3 Å². The van der Waals surface area contributed by atoms with Crippen LogP contribution in [-0.2, 0) is 6.42 Å². The molecule has 0 saturated heterocycles. The van der Waals surface area contributed by atoms with Gasteiger partial charge in [-0.15, -0.1) is 11.3 Å². The number of nitrogens with zero attached hydrogens (tertiary/aromatic N) is 1. The van der Waals surface area contributed by atoms with Crippen LogP contribution in [0.25, 0.3) is 0 Å². The molecule has 4 nitrogen and oxygen atoms in total. The fraction of sp³-hybridized carbons (Fsp3) is 0.222. The second-order valence-corrected chi connectivity index (χ2v) is 3.69. The van der Waals surface area contributed by atoms with Crippen LogP contribution in [0.15, 0.2) is 33.9 Å². The Morgan fingerprint density at radius 1 is 1.64 bits per heavy atom. The van der Waals surface area contributed by atoms with E-state index in [1.165, 1.54) is 0 Å².